The van der Waals surface area contributed by atoms with Gasteiger partial charge < -0.3 is 21.5 Å². The minimum absolute atomic E-state index is 0.104. The molecule has 2 atom stereocenters. The van der Waals surface area contributed by atoms with E-state index in [2.05, 4.69) is 11.4 Å². The quantitative estimate of drug-likeness (QED) is 0.276. The monoisotopic (exact) mass is 237 g/mol. The van der Waals surface area contributed by atoms with Crippen molar-refractivity contribution in [2.75, 3.05) is 13.2 Å². The number of nitrogens with two attached hydrogens (primary N) is 2. The fourth-order valence-corrected chi connectivity index (χ4v) is 1.53. The number of carbonyl (C=O) groups excluding carboxylic acids is 1. The van der Waals surface area contributed by atoms with E-state index in [1.807, 2.05) is 0 Å². The second-order valence-corrected chi connectivity index (χ2v) is 3.71. The molecular formula is C10H15N5O2. The van der Waals surface area contributed by atoms with Crippen LogP contribution in [0.15, 0.2) is 11.8 Å². The third-order valence-electron chi connectivity index (χ3n) is 2.52. The van der Waals surface area contributed by atoms with Gasteiger partial charge >= 0.3 is 0 Å². The Kier molecular flexibility index (Phi) is 4.48. The normalized spacial score (nSPS) is 24.8. The molecule has 0 aliphatic carbocycles. The molecular weight excluding hydrogens is 222 g/mol. The van der Waals surface area contributed by atoms with Crippen molar-refractivity contribution < 1.29 is 9.53 Å². The third kappa shape index (κ3) is 3.46. The standard InChI is InChI=1S/C10H15N5O2/c11-3-6-1-2-17-5-8(6)15-4-7(9(12)13)10(14)16/h4,6,8,15H,1-2,5H2,(H3,12,13)(H2,14,16)/b7-4+/t6-,8+/m0/s1. The highest BCUT2D eigenvalue weighted by Gasteiger charge is 2.24. The summed E-state index contributed by atoms with van der Waals surface area (Å²) < 4.78 is 5.22. The van der Waals surface area contributed by atoms with Crippen molar-refractivity contribution in [1.82, 2.24) is 5.32 Å². The molecule has 7 heteroatoms. The van der Waals surface area contributed by atoms with Gasteiger partial charge in [0.05, 0.1) is 30.2 Å². The maximum atomic E-state index is 11.0. The zero-order valence-electron chi connectivity index (χ0n) is 9.27. The molecule has 0 saturated carbocycles. The maximum Gasteiger partial charge on any atom is 0.253 e. The van der Waals surface area contributed by atoms with Gasteiger partial charge in [0, 0.05) is 12.8 Å². The highest BCUT2D eigenvalue weighted by Crippen LogP contribution is 2.14. The van der Waals surface area contributed by atoms with Gasteiger partial charge in [-0.1, -0.05) is 0 Å². The van der Waals surface area contributed by atoms with E-state index in [-0.39, 0.29) is 17.5 Å². The van der Waals surface area contributed by atoms with Crippen molar-refractivity contribution in [2.45, 2.75) is 12.5 Å². The van der Waals surface area contributed by atoms with Crippen LogP contribution in [0.3, 0.4) is 0 Å². The lowest BCUT2D eigenvalue weighted by Gasteiger charge is -2.27. The van der Waals surface area contributed by atoms with Crippen molar-refractivity contribution >= 4 is 11.7 Å². The second-order valence-electron chi connectivity index (χ2n) is 3.71. The summed E-state index contributed by atoms with van der Waals surface area (Å²) in [6.07, 6.45) is 1.91. The fourth-order valence-electron chi connectivity index (χ4n) is 1.53. The van der Waals surface area contributed by atoms with Gasteiger partial charge in [0.25, 0.3) is 5.91 Å². The smallest absolute Gasteiger partial charge is 0.253 e. The van der Waals surface area contributed by atoms with E-state index >= 15 is 0 Å². The average Bonchev–Trinajstić information content (AvgIpc) is 2.29. The Hall–Kier alpha value is -2.07. The Morgan fingerprint density at radius 2 is 2.29 bits per heavy atom. The van der Waals surface area contributed by atoms with E-state index in [1.54, 1.807) is 0 Å². The maximum absolute atomic E-state index is 11.0. The lowest BCUT2D eigenvalue weighted by atomic mass is 9.96. The lowest BCUT2D eigenvalue weighted by Crippen LogP contribution is -2.41. The van der Waals surface area contributed by atoms with Crippen LogP contribution in [0.25, 0.3) is 0 Å². The van der Waals surface area contributed by atoms with Crippen LogP contribution in [0.2, 0.25) is 0 Å². The number of ether oxygens (including phenoxy) is 1. The van der Waals surface area contributed by atoms with Gasteiger partial charge in [-0.3, -0.25) is 10.2 Å². The number of nitriles is 1. The average molecular weight is 237 g/mol. The van der Waals surface area contributed by atoms with E-state index in [0.717, 1.165) is 0 Å². The Bertz CT molecular complexity index is 369. The Morgan fingerprint density at radius 3 is 2.82 bits per heavy atom. The van der Waals surface area contributed by atoms with E-state index in [1.165, 1.54) is 6.20 Å². The van der Waals surface area contributed by atoms with Crippen molar-refractivity contribution in [2.24, 2.45) is 17.4 Å². The van der Waals surface area contributed by atoms with Gasteiger partial charge in [-0.2, -0.15) is 5.26 Å². The minimum Gasteiger partial charge on any atom is -0.384 e. The van der Waals surface area contributed by atoms with Crippen LogP contribution in [-0.2, 0) is 9.53 Å². The molecule has 1 aliphatic rings. The van der Waals surface area contributed by atoms with Gasteiger partial charge in [0.2, 0.25) is 0 Å². The number of amidine groups is 1. The number of primary amides is 1. The molecule has 0 aromatic rings. The van der Waals surface area contributed by atoms with Crippen LogP contribution in [0.1, 0.15) is 6.42 Å². The van der Waals surface area contributed by atoms with Gasteiger partial charge in [-0.15, -0.1) is 0 Å². The van der Waals surface area contributed by atoms with Crippen LogP contribution in [-0.4, -0.2) is 31.0 Å². The predicted octanol–water partition coefficient (Wildman–Crippen LogP) is -1.19. The lowest BCUT2D eigenvalue weighted by molar-refractivity contribution is -0.114. The SMILES string of the molecule is N#C[C@@H]1CCOC[C@H]1N/C=C(\C(=N)N)C(N)=O. The molecule has 17 heavy (non-hydrogen) atoms. The van der Waals surface area contributed by atoms with Gasteiger partial charge in [-0.25, -0.2) is 0 Å². The highest BCUT2D eigenvalue weighted by molar-refractivity contribution is 6.18. The molecule has 0 radical (unpaired) electrons. The Balaban J connectivity index is 2.70. The first-order chi connectivity index (χ1) is 8.06. The largest absolute Gasteiger partial charge is 0.384 e. The van der Waals surface area contributed by atoms with E-state index < -0.39 is 11.7 Å². The van der Waals surface area contributed by atoms with E-state index in [0.29, 0.717) is 19.6 Å². The first kappa shape index (κ1) is 13.0. The molecule has 1 aliphatic heterocycles. The fraction of sp³-hybridized carbons (Fsp3) is 0.500. The Morgan fingerprint density at radius 1 is 1.59 bits per heavy atom. The zero-order valence-corrected chi connectivity index (χ0v) is 9.27. The van der Waals surface area contributed by atoms with Crippen molar-refractivity contribution in [1.29, 1.82) is 10.7 Å². The number of carbonyl (C=O) groups is 1. The van der Waals surface area contributed by atoms with Crippen molar-refractivity contribution in [3.8, 4) is 6.07 Å². The second kappa shape index (κ2) is 5.86. The summed E-state index contributed by atoms with van der Waals surface area (Å²) in [7, 11) is 0. The molecule has 1 amide bonds. The number of hydrogen-bond acceptors (Lipinski definition) is 5. The summed E-state index contributed by atoms with van der Waals surface area (Å²) in [6.45, 7) is 0.925. The van der Waals surface area contributed by atoms with Gasteiger partial charge in [0.15, 0.2) is 0 Å². The van der Waals surface area contributed by atoms with Crippen LogP contribution < -0.4 is 16.8 Å². The number of hydrogen-bond donors (Lipinski definition) is 4. The number of nitrogens with one attached hydrogen (secondary N) is 2. The van der Waals surface area contributed by atoms with Gasteiger partial charge in [0.1, 0.15) is 5.84 Å². The molecule has 0 unspecified atom stereocenters. The molecule has 0 aromatic heterocycles. The third-order valence-corrected chi connectivity index (χ3v) is 2.52. The predicted molar refractivity (Wildman–Crippen MR) is 60.7 cm³/mol. The van der Waals surface area contributed by atoms with Crippen LogP contribution in [0.5, 0.6) is 0 Å². The van der Waals surface area contributed by atoms with Crippen LogP contribution in [0, 0.1) is 22.7 Å². The minimum atomic E-state index is -0.782. The molecule has 1 heterocycles. The number of amides is 1. The topological polar surface area (TPSA) is 138 Å². The molecule has 1 fully saturated rings. The molecule has 92 valence electrons. The van der Waals surface area contributed by atoms with Crippen LogP contribution >= 0.6 is 0 Å². The highest BCUT2D eigenvalue weighted by atomic mass is 16.5. The first-order valence-corrected chi connectivity index (χ1v) is 5.14. The molecule has 0 bridgehead atoms. The molecule has 6 N–H and O–H groups in total. The molecule has 0 spiro atoms. The summed E-state index contributed by atoms with van der Waals surface area (Å²) in [4.78, 5) is 11.0. The van der Waals surface area contributed by atoms with Crippen molar-refractivity contribution in [3.63, 3.8) is 0 Å². The van der Waals surface area contributed by atoms with Gasteiger partial charge in [-0.05, 0) is 6.42 Å². The number of rotatable bonds is 4. The molecule has 1 saturated heterocycles. The summed E-state index contributed by atoms with van der Waals surface area (Å²) in [5.74, 6) is -1.38. The van der Waals surface area contributed by atoms with E-state index in [9.17, 15) is 4.79 Å². The summed E-state index contributed by atoms with van der Waals surface area (Å²) in [5, 5.41) is 18.9. The number of nitrogens with zero attached hydrogens (tertiary/aromatic N) is 1. The van der Waals surface area contributed by atoms with Crippen LogP contribution in [0.4, 0.5) is 0 Å². The van der Waals surface area contributed by atoms with E-state index in [4.69, 9.17) is 26.9 Å². The summed E-state index contributed by atoms with van der Waals surface area (Å²) in [5.41, 5.74) is 10.2. The summed E-state index contributed by atoms with van der Waals surface area (Å²) >= 11 is 0. The Labute approximate surface area is 98.9 Å². The van der Waals surface area contributed by atoms with Crippen molar-refractivity contribution in [3.05, 3.63) is 11.8 Å². The molecule has 1 rings (SSSR count). The molecule has 7 nitrogen and oxygen atoms in total. The summed E-state index contributed by atoms with van der Waals surface area (Å²) in [6, 6.07) is 1.94. The molecule has 0 aromatic carbocycles. The zero-order chi connectivity index (χ0) is 12.8. The first-order valence-electron chi connectivity index (χ1n) is 5.14.